The number of hydrogen-bond donors (Lipinski definition) is 1. The van der Waals surface area contributed by atoms with Crippen molar-refractivity contribution in [2.75, 3.05) is 6.54 Å². The van der Waals surface area contributed by atoms with Crippen LogP contribution in [0.1, 0.15) is 10.4 Å². The Morgan fingerprint density at radius 3 is 2.74 bits per heavy atom. The monoisotopic (exact) mass is 272 g/mol. The summed E-state index contributed by atoms with van der Waals surface area (Å²) in [6.45, 7) is -1.42. The molecule has 0 aliphatic rings. The van der Waals surface area contributed by atoms with Gasteiger partial charge in [0.25, 0.3) is 5.91 Å². The van der Waals surface area contributed by atoms with Gasteiger partial charge < -0.3 is 5.32 Å². The molecule has 2 rings (SSSR count). The minimum atomic E-state index is -4.48. The number of hydrogen-bond acceptors (Lipinski definition) is 2. The largest absolute Gasteiger partial charge is 0.405 e. The minimum Gasteiger partial charge on any atom is -0.343 e. The zero-order valence-electron chi connectivity index (χ0n) is 9.46. The van der Waals surface area contributed by atoms with Gasteiger partial charge in [-0.3, -0.25) is 9.78 Å². The van der Waals surface area contributed by atoms with Crippen LogP contribution in [-0.4, -0.2) is 23.6 Å². The van der Waals surface area contributed by atoms with E-state index in [1.54, 1.807) is 5.32 Å². The molecule has 0 aliphatic heterocycles. The number of fused-ring (bicyclic) bond motifs is 1. The van der Waals surface area contributed by atoms with Gasteiger partial charge in [0, 0.05) is 11.6 Å². The lowest BCUT2D eigenvalue weighted by Crippen LogP contribution is -2.33. The first kappa shape index (κ1) is 13.3. The molecule has 0 radical (unpaired) electrons. The van der Waals surface area contributed by atoms with E-state index in [1.165, 1.54) is 24.3 Å². The Kier molecular flexibility index (Phi) is 3.37. The summed E-state index contributed by atoms with van der Waals surface area (Å²) in [6, 6.07) is 5.44. The van der Waals surface area contributed by atoms with Crippen molar-refractivity contribution in [2.45, 2.75) is 6.18 Å². The number of nitrogens with one attached hydrogen (secondary N) is 1. The van der Waals surface area contributed by atoms with E-state index >= 15 is 0 Å². The molecule has 3 nitrogen and oxygen atoms in total. The molecular formula is C12H8F4N2O. The van der Waals surface area contributed by atoms with Gasteiger partial charge >= 0.3 is 6.18 Å². The molecule has 0 saturated heterocycles. The molecule has 1 aromatic carbocycles. The van der Waals surface area contributed by atoms with Gasteiger partial charge in [-0.2, -0.15) is 13.2 Å². The van der Waals surface area contributed by atoms with Gasteiger partial charge in [-0.05, 0) is 12.1 Å². The van der Waals surface area contributed by atoms with Crippen molar-refractivity contribution in [3.05, 3.63) is 41.8 Å². The zero-order chi connectivity index (χ0) is 14.0. The Morgan fingerprint density at radius 2 is 2.05 bits per heavy atom. The fourth-order valence-corrected chi connectivity index (χ4v) is 1.53. The quantitative estimate of drug-likeness (QED) is 0.854. The number of amides is 1. The maximum absolute atomic E-state index is 13.3. The molecule has 1 aromatic heterocycles. The second-order valence-electron chi connectivity index (χ2n) is 3.83. The molecule has 0 atom stereocenters. The SMILES string of the molecule is O=C(NCC(F)(F)F)c1cnc2c(F)cccc2c1. The van der Waals surface area contributed by atoms with E-state index in [1.807, 2.05) is 0 Å². The van der Waals surface area contributed by atoms with Gasteiger partial charge in [-0.15, -0.1) is 0 Å². The third-order valence-corrected chi connectivity index (χ3v) is 2.37. The highest BCUT2D eigenvalue weighted by molar-refractivity contribution is 5.97. The van der Waals surface area contributed by atoms with Crippen molar-refractivity contribution < 1.29 is 22.4 Å². The van der Waals surface area contributed by atoms with Crippen LogP contribution in [0, 0.1) is 5.82 Å². The van der Waals surface area contributed by atoms with Gasteiger partial charge in [0.1, 0.15) is 17.9 Å². The lowest BCUT2D eigenvalue weighted by molar-refractivity contribution is -0.123. The smallest absolute Gasteiger partial charge is 0.343 e. The van der Waals surface area contributed by atoms with Crippen molar-refractivity contribution in [1.29, 1.82) is 0 Å². The molecule has 1 heterocycles. The lowest BCUT2D eigenvalue weighted by atomic mass is 10.1. The second-order valence-corrected chi connectivity index (χ2v) is 3.83. The molecule has 7 heteroatoms. The highest BCUT2D eigenvalue weighted by Gasteiger charge is 2.28. The fraction of sp³-hybridized carbons (Fsp3) is 0.167. The number of carbonyl (C=O) groups excluding carboxylic acids is 1. The van der Waals surface area contributed by atoms with Gasteiger partial charge in [-0.25, -0.2) is 4.39 Å². The molecular weight excluding hydrogens is 264 g/mol. The van der Waals surface area contributed by atoms with Crippen LogP contribution in [0.5, 0.6) is 0 Å². The molecule has 0 aliphatic carbocycles. The van der Waals surface area contributed by atoms with Crippen molar-refractivity contribution in [2.24, 2.45) is 0 Å². The summed E-state index contributed by atoms with van der Waals surface area (Å²) in [4.78, 5) is 15.2. The number of para-hydroxylation sites is 1. The van der Waals surface area contributed by atoms with E-state index in [0.717, 1.165) is 6.20 Å². The van der Waals surface area contributed by atoms with Gasteiger partial charge in [0.15, 0.2) is 0 Å². The average Bonchev–Trinajstić information content (AvgIpc) is 2.35. The Hall–Kier alpha value is -2.18. The predicted octanol–water partition coefficient (Wildman–Crippen LogP) is 2.67. The summed E-state index contributed by atoms with van der Waals surface area (Å²) >= 11 is 0. The highest BCUT2D eigenvalue weighted by atomic mass is 19.4. The van der Waals surface area contributed by atoms with Crippen LogP contribution < -0.4 is 5.32 Å². The minimum absolute atomic E-state index is 0.0534. The van der Waals surface area contributed by atoms with Gasteiger partial charge in [0.2, 0.25) is 0 Å². The normalized spacial score (nSPS) is 11.6. The number of halogens is 4. The summed E-state index contributed by atoms with van der Waals surface area (Å²) in [5, 5.41) is 2.07. The molecule has 0 unspecified atom stereocenters. The molecule has 0 bridgehead atoms. The predicted molar refractivity (Wildman–Crippen MR) is 60.1 cm³/mol. The first-order chi connectivity index (χ1) is 8.87. The first-order valence-electron chi connectivity index (χ1n) is 5.26. The van der Waals surface area contributed by atoms with Crippen LogP contribution in [0.3, 0.4) is 0 Å². The molecule has 100 valence electrons. The zero-order valence-corrected chi connectivity index (χ0v) is 9.46. The van der Waals surface area contributed by atoms with Crippen LogP contribution in [0.2, 0.25) is 0 Å². The van der Waals surface area contributed by atoms with E-state index < -0.39 is 24.4 Å². The summed E-state index contributed by atoms with van der Waals surface area (Å²) in [5.74, 6) is -1.46. The summed E-state index contributed by atoms with van der Waals surface area (Å²) in [5.41, 5.74) is 0.0113. The Morgan fingerprint density at radius 1 is 1.32 bits per heavy atom. The van der Waals surface area contributed by atoms with Gasteiger partial charge in [-0.1, -0.05) is 12.1 Å². The van der Waals surface area contributed by atoms with Crippen LogP contribution >= 0.6 is 0 Å². The van der Waals surface area contributed by atoms with E-state index in [4.69, 9.17) is 0 Å². The number of aromatic nitrogens is 1. The second kappa shape index (κ2) is 4.83. The van der Waals surface area contributed by atoms with Crippen molar-refractivity contribution >= 4 is 16.8 Å². The number of nitrogens with zero attached hydrogens (tertiary/aromatic N) is 1. The maximum atomic E-state index is 13.3. The lowest BCUT2D eigenvalue weighted by Gasteiger charge is -2.08. The topological polar surface area (TPSA) is 42.0 Å². The summed E-state index contributed by atoms with van der Waals surface area (Å²) in [6.07, 6.45) is -3.44. The van der Waals surface area contributed by atoms with Crippen LogP contribution in [0.25, 0.3) is 10.9 Å². The van der Waals surface area contributed by atoms with Crippen molar-refractivity contribution in [1.82, 2.24) is 10.3 Å². The number of rotatable bonds is 2. The van der Waals surface area contributed by atoms with E-state index in [-0.39, 0.29) is 11.1 Å². The van der Waals surface area contributed by atoms with Crippen molar-refractivity contribution in [3.8, 4) is 0 Å². The molecule has 0 spiro atoms. The number of pyridine rings is 1. The third-order valence-electron chi connectivity index (χ3n) is 2.37. The average molecular weight is 272 g/mol. The number of carbonyl (C=O) groups is 1. The molecule has 1 N–H and O–H groups in total. The molecule has 19 heavy (non-hydrogen) atoms. The Balaban J connectivity index is 2.24. The standard InChI is InChI=1S/C12H8F4N2O/c13-9-3-1-2-7-4-8(5-17-10(7)9)11(19)18-6-12(14,15)16/h1-5H,6H2,(H,18,19). The summed E-state index contributed by atoms with van der Waals surface area (Å²) in [7, 11) is 0. The summed E-state index contributed by atoms with van der Waals surface area (Å²) < 4.78 is 49.2. The first-order valence-corrected chi connectivity index (χ1v) is 5.26. The maximum Gasteiger partial charge on any atom is 0.405 e. The Bertz CT molecular complexity index is 625. The molecule has 2 aromatic rings. The fourth-order valence-electron chi connectivity index (χ4n) is 1.53. The van der Waals surface area contributed by atoms with E-state index in [9.17, 15) is 22.4 Å². The molecule has 0 fully saturated rings. The highest BCUT2D eigenvalue weighted by Crippen LogP contribution is 2.17. The van der Waals surface area contributed by atoms with Gasteiger partial charge in [0.05, 0.1) is 5.56 Å². The number of alkyl halides is 3. The molecule has 1 amide bonds. The van der Waals surface area contributed by atoms with Crippen LogP contribution in [-0.2, 0) is 0 Å². The van der Waals surface area contributed by atoms with Crippen LogP contribution in [0.15, 0.2) is 30.5 Å². The number of benzene rings is 1. The van der Waals surface area contributed by atoms with Crippen LogP contribution in [0.4, 0.5) is 17.6 Å². The molecule has 0 saturated carbocycles. The van der Waals surface area contributed by atoms with Crippen molar-refractivity contribution in [3.63, 3.8) is 0 Å². The Labute approximate surface area is 105 Å². The third kappa shape index (κ3) is 3.18. The van der Waals surface area contributed by atoms with E-state index in [0.29, 0.717) is 5.39 Å². The van der Waals surface area contributed by atoms with E-state index in [2.05, 4.69) is 4.98 Å².